The van der Waals surface area contributed by atoms with Crippen LogP contribution in [0.4, 0.5) is 0 Å². The van der Waals surface area contributed by atoms with Crippen LogP contribution in [0, 0.1) is 0 Å². The third-order valence-electron chi connectivity index (χ3n) is 4.89. The zero-order valence-electron chi connectivity index (χ0n) is 13.8. The summed E-state index contributed by atoms with van der Waals surface area (Å²) in [7, 11) is 1.62. The monoisotopic (exact) mass is 318 g/mol. The number of nitrogens with zero attached hydrogens (tertiary/aromatic N) is 2. The Morgan fingerprint density at radius 3 is 2.83 bits per heavy atom. The second-order valence-corrected chi connectivity index (χ2v) is 6.80. The molecule has 5 nitrogen and oxygen atoms in total. The summed E-state index contributed by atoms with van der Waals surface area (Å²) in [5.74, 6) is 0.845. The van der Waals surface area contributed by atoms with E-state index in [0.717, 1.165) is 24.4 Å². The van der Waals surface area contributed by atoms with Crippen molar-refractivity contribution in [2.45, 2.75) is 31.3 Å². The topological polar surface area (TPSA) is 53.0 Å². The van der Waals surface area contributed by atoms with Gasteiger partial charge < -0.3 is 19.6 Å². The Kier molecular flexibility index (Phi) is 4.87. The SMILES string of the molecule is COc1cccc(CC(=O)N2CCC(O)(CN3CCCC3)C2)c1. The number of ether oxygens (including phenoxy) is 1. The van der Waals surface area contributed by atoms with E-state index >= 15 is 0 Å². The summed E-state index contributed by atoms with van der Waals surface area (Å²) in [5, 5.41) is 10.8. The van der Waals surface area contributed by atoms with Gasteiger partial charge in [0.1, 0.15) is 5.75 Å². The number of benzene rings is 1. The Morgan fingerprint density at radius 2 is 2.09 bits per heavy atom. The van der Waals surface area contributed by atoms with Crippen molar-refractivity contribution >= 4 is 5.91 Å². The lowest BCUT2D eigenvalue weighted by Gasteiger charge is -2.28. The first kappa shape index (κ1) is 16.3. The van der Waals surface area contributed by atoms with Crippen LogP contribution in [0.3, 0.4) is 0 Å². The molecule has 1 aromatic carbocycles. The molecule has 1 unspecified atom stereocenters. The van der Waals surface area contributed by atoms with E-state index in [1.165, 1.54) is 12.8 Å². The molecule has 2 aliphatic heterocycles. The number of carbonyl (C=O) groups is 1. The number of rotatable bonds is 5. The first-order valence-electron chi connectivity index (χ1n) is 8.43. The highest BCUT2D eigenvalue weighted by Gasteiger charge is 2.39. The fourth-order valence-corrected chi connectivity index (χ4v) is 3.62. The summed E-state index contributed by atoms with van der Waals surface area (Å²) >= 11 is 0. The van der Waals surface area contributed by atoms with Crippen LogP contribution in [-0.2, 0) is 11.2 Å². The van der Waals surface area contributed by atoms with Gasteiger partial charge in [-0.1, -0.05) is 12.1 Å². The fourth-order valence-electron chi connectivity index (χ4n) is 3.62. The van der Waals surface area contributed by atoms with E-state index in [4.69, 9.17) is 4.74 Å². The number of carbonyl (C=O) groups excluding carboxylic acids is 1. The van der Waals surface area contributed by atoms with Gasteiger partial charge in [-0.25, -0.2) is 0 Å². The van der Waals surface area contributed by atoms with Crippen LogP contribution in [0.15, 0.2) is 24.3 Å². The Balaban J connectivity index is 1.56. The molecule has 0 saturated carbocycles. The van der Waals surface area contributed by atoms with Crippen molar-refractivity contribution in [3.8, 4) is 5.75 Å². The summed E-state index contributed by atoms with van der Waals surface area (Å²) in [6, 6.07) is 7.60. The number of β-amino-alcohol motifs (C(OH)–C–C–N with tert-alkyl or cyclic N) is 1. The second kappa shape index (κ2) is 6.89. The zero-order chi connectivity index (χ0) is 16.3. The van der Waals surface area contributed by atoms with Crippen LogP contribution in [0.5, 0.6) is 5.75 Å². The van der Waals surface area contributed by atoms with E-state index < -0.39 is 5.60 Å². The molecule has 2 heterocycles. The highest BCUT2D eigenvalue weighted by Crippen LogP contribution is 2.25. The zero-order valence-corrected chi connectivity index (χ0v) is 13.8. The largest absolute Gasteiger partial charge is 0.497 e. The van der Waals surface area contributed by atoms with Gasteiger partial charge in [0.25, 0.3) is 0 Å². The number of aliphatic hydroxyl groups is 1. The highest BCUT2D eigenvalue weighted by molar-refractivity contribution is 5.79. The molecule has 0 aromatic heterocycles. The summed E-state index contributed by atoms with van der Waals surface area (Å²) < 4.78 is 5.20. The van der Waals surface area contributed by atoms with Crippen LogP contribution in [-0.4, -0.2) is 66.2 Å². The van der Waals surface area contributed by atoms with Crippen LogP contribution in [0.1, 0.15) is 24.8 Å². The van der Waals surface area contributed by atoms with Gasteiger partial charge in [0, 0.05) is 13.1 Å². The first-order chi connectivity index (χ1) is 11.1. The normalized spacial score (nSPS) is 25.0. The predicted octanol–water partition coefficient (Wildman–Crippen LogP) is 1.30. The van der Waals surface area contributed by atoms with E-state index in [9.17, 15) is 9.90 Å². The van der Waals surface area contributed by atoms with Crippen LogP contribution >= 0.6 is 0 Å². The van der Waals surface area contributed by atoms with Crippen LogP contribution in [0.2, 0.25) is 0 Å². The van der Waals surface area contributed by atoms with Crippen molar-refractivity contribution in [3.63, 3.8) is 0 Å². The maximum atomic E-state index is 12.5. The molecule has 0 spiro atoms. The molecule has 5 heteroatoms. The van der Waals surface area contributed by atoms with Gasteiger partial charge in [0.2, 0.25) is 5.91 Å². The summed E-state index contributed by atoms with van der Waals surface area (Å²) in [6.45, 7) is 3.93. The van der Waals surface area contributed by atoms with E-state index in [-0.39, 0.29) is 5.91 Å². The van der Waals surface area contributed by atoms with E-state index in [2.05, 4.69) is 4.90 Å². The third-order valence-corrected chi connectivity index (χ3v) is 4.89. The molecule has 2 saturated heterocycles. The molecule has 1 atom stereocenters. The Bertz CT molecular complexity index is 557. The van der Waals surface area contributed by atoms with Crippen molar-refractivity contribution in [3.05, 3.63) is 29.8 Å². The van der Waals surface area contributed by atoms with Gasteiger partial charge in [0.15, 0.2) is 0 Å². The van der Waals surface area contributed by atoms with Crippen molar-refractivity contribution in [1.29, 1.82) is 0 Å². The lowest BCUT2D eigenvalue weighted by Crippen LogP contribution is -2.45. The van der Waals surface area contributed by atoms with Crippen LogP contribution in [0.25, 0.3) is 0 Å². The van der Waals surface area contributed by atoms with E-state index in [1.54, 1.807) is 12.0 Å². The minimum atomic E-state index is -0.742. The Hall–Kier alpha value is -1.59. The van der Waals surface area contributed by atoms with Crippen molar-refractivity contribution in [2.75, 3.05) is 39.8 Å². The van der Waals surface area contributed by atoms with Gasteiger partial charge in [-0.05, 0) is 50.0 Å². The van der Waals surface area contributed by atoms with Gasteiger partial charge in [-0.2, -0.15) is 0 Å². The first-order valence-corrected chi connectivity index (χ1v) is 8.43. The van der Waals surface area contributed by atoms with E-state index in [0.29, 0.717) is 32.5 Å². The van der Waals surface area contributed by atoms with Gasteiger partial charge in [-0.3, -0.25) is 4.79 Å². The predicted molar refractivity (Wildman–Crippen MR) is 88.5 cm³/mol. The maximum absolute atomic E-state index is 12.5. The number of hydrogen-bond acceptors (Lipinski definition) is 4. The average molecular weight is 318 g/mol. The molecule has 1 aromatic rings. The highest BCUT2D eigenvalue weighted by atomic mass is 16.5. The van der Waals surface area contributed by atoms with Gasteiger partial charge >= 0.3 is 0 Å². The molecule has 1 amide bonds. The molecule has 1 N–H and O–H groups in total. The fraction of sp³-hybridized carbons (Fsp3) is 0.611. The quantitative estimate of drug-likeness (QED) is 0.889. The van der Waals surface area contributed by atoms with Crippen LogP contribution < -0.4 is 4.74 Å². The van der Waals surface area contributed by atoms with Crippen molar-refractivity contribution in [1.82, 2.24) is 9.80 Å². The molecule has 126 valence electrons. The standard InChI is InChI=1S/C18H26N2O3/c1-23-16-6-4-5-15(11-16)12-17(21)20-10-7-18(22,14-20)13-19-8-2-3-9-19/h4-6,11,22H,2-3,7-10,12-14H2,1H3. The Morgan fingerprint density at radius 1 is 1.30 bits per heavy atom. The molecule has 2 aliphatic rings. The van der Waals surface area contributed by atoms with Crippen molar-refractivity contribution < 1.29 is 14.6 Å². The second-order valence-electron chi connectivity index (χ2n) is 6.80. The summed E-state index contributed by atoms with van der Waals surface area (Å²) in [6.07, 6.45) is 3.47. The number of likely N-dealkylation sites (tertiary alicyclic amines) is 2. The van der Waals surface area contributed by atoms with E-state index in [1.807, 2.05) is 24.3 Å². The van der Waals surface area contributed by atoms with Gasteiger partial charge in [0.05, 0.1) is 25.7 Å². The van der Waals surface area contributed by atoms with Gasteiger partial charge in [-0.15, -0.1) is 0 Å². The van der Waals surface area contributed by atoms with Crippen molar-refractivity contribution in [2.24, 2.45) is 0 Å². The average Bonchev–Trinajstić information content (AvgIpc) is 3.17. The lowest BCUT2D eigenvalue weighted by molar-refractivity contribution is -0.130. The number of hydrogen-bond donors (Lipinski definition) is 1. The minimum Gasteiger partial charge on any atom is -0.497 e. The third kappa shape index (κ3) is 4.03. The lowest BCUT2D eigenvalue weighted by atomic mass is 10.0. The minimum absolute atomic E-state index is 0.0793. The smallest absolute Gasteiger partial charge is 0.227 e. The number of amides is 1. The number of methoxy groups -OCH3 is 1. The molecular weight excluding hydrogens is 292 g/mol. The molecule has 3 rings (SSSR count). The molecular formula is C18H26N2O3. The molecule has 0 bridgehead atoms. The molecule has 2 fully saturated rings. The summed E-state index contributed by atoms with van der Waals surface area (Å²) in [4.78, 5) is 16.6. The molecule has 0 aliphatic carbocycles. The molecule has 0 radical (unpaired) electrons. The Labute approximate surface area is 137 Å². The summed E-state index contributed by atoms with van der Waals surface area (Å²) in [5.41, 5.74) is 0.207. The maximum Gasteiger partial charge on any atom is 0.227 e. The molecule has 23 heavy (non-hydrogen) atoms.